The lowest BCUT2D eigenvalue weighted by Crippen LogP contribution is -2.08. The van der Waals surface area contributed by atoms with E-state index in [2.05, 4.69) is 4.98 Å². The zero-order valence-corrected chi connectivity index (χ0v) is 9.56. The quantitative estimate of drug-likeness (QED) is 0.721. The standard InChI is InChI=1S/C10H15NO2S/c1-4-13-9(12)5-7(2)10-11-6-8(3)14-10/h6-7H,4-5H2,1-3H3. The van der Waals surface area contributed by atoms with E-state index < -0.39 is 0 Å². The lowest BCUT2D eigenvalue weighted by molar-refractivity contribution is -0.143. The third kappa shape index (κ3) is 3.10. The first-order chi connectivity index (χ1) is 6.63. The van der Waals surface area contributed by atoms with Crippen molar-refractivity contribution < 1.29 is 9.53 Å². The third-order valence-corrected chi connectivity index (χ3v) is 2.98. The van der Waals surface area contributed by atoms with Crippen LogP contribution in [0.5, 0.6) is 0 Å². The van der Waals surface area contributed by atoms with E-state index in [0.717, 1.165) is 5.01 Å². The van der Waals surface area contributed by atoms with Crippen molar-refractivity contribution in [3.05, 3.63) is 16.1 Å². The van der Waals surface area contributed by atoms with Gasteiger partial charge in [-0.15, -0.1) is 11.3 Å². The lowest BCUT2D eigenvalue weighted by Gasteiger charge is -2.06. The Kier molecular flexibility index (Phi) is 4.07. The zero-order valence-electron chi connectivity index (χ0n) is 8.74. The van der Waals surface area contributed by atoms with Crippen molar-refractivity contribution in [2.24, 2.45) is 0 Å². The van der Waals surface area contributed by atoms with Crippen LogP contribution >= 0.6 is 11.3 Å². The molecule has 1 atom stereocenters. The molecule has 0 aliphatic rings. The van der Waals surface area contributed by atoms with E-state index in [-0.39, 0.29) is 11.9 Å². The molecule has 0 fully saturated rings. The maximum absolute atomic E-state index is 11.2. The normalized spacial score (nSPS) is 12.5. The Bertz CT molecular complexity index is 309. The SMILES string of the molecule is CCOC(=O)CC(C)c1ncc(C)s1. The summed E-state index contributed by atoms with van der Waals surface area (Å²) in [4.78, 5) is 16.6. The van der Waals surface area contributed by atoms with Crippen molar-refractivity contribution in [3.63, 3.8) is 0 Å². The first-order valence-corrected chi connectivity index (χ1v) is 5.53. The van der Waals surface area contributed by atoms with Crippen molar-refractivity contribution in [1.29, 1.82) is 0 Å². The van der Waals surface area contributed by atoms with E-state index in [9.17, 15) is 4.79 Å². The Labute approximate surface area is 88.1 Å². The molecule has 1 heterocycles. The molecule has 0 saturated carbocycles. The third-order valence-electron chi connectivity index (χ3n) is 1.84. The zero-order chi connectivity index (χ0) is 10.6. The number of nitrogens with zero attached hydrogens (tertiary/aromatic N) is 1. The van der Waals surface area contributed by atoms with Gasteiger partial charge in [-0.3, -0.25) is 4.79 Å². The summed E-state index contributed by atoms with van der Waals surface area (Å²) in [7, 11) is 0. The summed E-state index contributed by atoms with van der Waals surface area (Å²) < 4.78 is 4.88. The smallest absolute Gasteiger partial charge is 0.306 e. The van der Waals surface area contributed by atoms with Gasteiger partial charge < -0.3 is 4.74 Å². The van der Waals surface area contributed by atoms with Gasteiger partial charge >= 0.3 is 5.97 Å². The lowest BCUT2D eigenvalue weighted by atomic mass is 10.1. The Morgan fingerprint density at radius 3 is 2.93 bits per heavy atom. The Balaban J connectivity index is 2.50. The summed E-state index contributed by atoms with van der Waals surface area (Å²) in [5.74, 6) is 0.0144. The highest BCUT2D eigenvalue weighted by molar-refractivity contribution is 7.11. The molecule has 1 rings (SSSR count). The van der Waals surface area contributed by atoms with Gasteiger partial charge in [-0.2, -0.15) is 0 Å². The van der Waals surface area contributed by atoms with Crippen LogP contribution in [0.25, 0.3) is 0 Å². The number of carbonyl (C=O) groups is 1. The van der Waals surface area contributed by atoms with Crippen molar-refractivity contribution in [3.8, 4) is 0 Å². The molecule has 1 aromatic heterocycles. The van der Waals surface area contributed by atoms with Gasteiger partial charge in [-0.25, -0.2) is 4.98 Å². The van der Waals surface area contributed by atoms with Gasteiger partial charge in [0.05, 0.1) is 18.0 Å². The number of aryl methyl sites for hydroxylation is 1. The molecule has 1 unspecified atom stereocenters. The summed E-state index contributed by atoms with van der Waals surface area (Å²) in [6.45, 7) is 6.27. The molecular weight excluding hydrogens is 198 g/mol. The fourth-order valence-corrected chi connectivity index (χ4v) is 1.98. The first kappa shape index (κ1) is 11.2. The molecule has 0 aliphatic carbocycles. The van der Waals surface area contributed by atoms with Crippen LogP contribution in [0.15, 0.2) is 6.20 Å². The summed E-state index contributed by atoms with van der Waals surface area (Å²) in [5.41, 5.74) is 0. The van der Waals surface area contributed by atoms with Crippen molar-refractivity contribution in [1.82, 2.24) is 4.98 Å². The maximum atomic E-state index is 11.2. The molecule has 1 aromatic rings. The van der Waals surface area contributed by atoms with Gasteiger partial charge in [0, 0.05) is 17.0 Å². The van der Waals surface area contributed by atoms with E-state index >= 15 is 0 Å². The Morgan fingerprint density at radius 1 is 1.71 bits per heavy atom. The van der Waals surface area contributed by atoms with Gasteiger partial charge in [0.25, 0.3) is 0 Å². The number of ether oxygens (including phenoxy) is 1. The molecule has 0 spiro atoms. The van der Waals surface area contributed by atoms with Crippen LogP contribution < -0.4 is 0 Å². The maximum Gasteiger partial charge on any atom is 0.306 e. The number of aromatic nitrogens is 1. The van der Waals surface area contributed by atoms with Crippen LogP contribution in [-0.2, 0) is 9.53 Å². The van der Waals surface area contributed by atoms with Crippen LogP contribution in [0.4, 0.5) is 0 Å². The second-order valence-electron chi connectivity index (χ2n) is 3.22. The number of carbonyl (C=O) groups excluding carboxylic acids is 1. The fraction of sp³-hybridized carbons (Fsp3) is 0.600. The van der Waals surface area contributed by atoms with Gasteiger partial charge in [0.1, 0.15) is 0 Å². The van der Waals surface area contributed by atoms with Crippen molar-refractivity contribution >= 4 is 17.3 Å². The van der Waals surface area contributed by atoms with E-state index in [1.54, 1.807) is 11.3 Å². The highest BCUT2D eigenvalue weighted by atomic mass is 32.1. The van der Waals surface area contributed by atoms with E-state index in [4.69, 9.17) is 4.74 Å². The Morgan fingerprint density at radius 2 is 2.43 bits per heavy atom. The average Bonchev–Trinajstić information content (AvgIpc) is 2.52. The second-order valence-corrected chi connectivity index (χ2v) is 4.49. The van der Waals surface area contributed by atoms with E-state index in [0.29, 0.717) is 13.0 Å². The predicted octanol–water partition coefficient (Wildman–Crippen LogP) is 2.51. The summed E-state index contributed by atoms with van der Waals surface area (Å²) in [5, 5.41) is 1.01. The van der Waals surface area contributed by atoms with E-state index in [1.165, 1.54) is 4.88 Å². The minimum atomic E-state index is -0.146. The van der Waals surface area contributed by atoms with Crippen LogP contribution in [0, 0.1) is 6.92 Å². The average molecular weight is 213 g/mol. The van der Waals surface area contributed by atoms with E-state index in [1.807, 2.05) is 27.0 Å². The molecule has 0 N–H and O–H groups in total. The fourth-order valence-electron chi connectivity index (χ4n) is 1.16. The number of hydrogen-bond acceptors (Lipinski definition) is 4. The van der Waals surface area contributed by atoms with Crippen LogP contribution in [-0.4, -0.2) is 17.6 Å². The molecule has 0 aliphatic heterocycles. The van der Waals surface area contributed by atoms with Crippen molar-refractivity contribution in [2.75, 3.05) is 6.61 Å². The van der Waals surface area contributed by atoms with Gasteiger partial charge in [-0.05, 0) is 13.8 Å². The molecular formula is C10H15NO2S. The molecule has 0 aromatic carbocycles. The predicted molar refractivity (Wildman–Crippen MR) is 56.5 cm³/mol. The summed E-state index contributed by atoms with van der Waals surface area (Å²) in [6, 6.07) is 0. The van der Waals surface area contributed by atoms with Gasteiger partial charge in [-0.1, -0.05) is 6.92 Å². The molecule has 14 heavy (non-hydrogen) atoms. The van der Waals surface area contributed by atoms with Crippen LogP contribution in [0.1, 0.15) is 36.1 Å². The summed E-state index contributed by atoms with van der Waals surface area (Å²) >= 11 is 1.64. The molecule has 0 amide bonds. The minimum Gasteiger partial charge on any atom is -0.466 e. The highest BCUT2D eigenvalue weighted by Gasteiger charge is 2.14. The number of thiazole rings is 1. The van der Waals surface area contributed by atoms with Crippen molar-refractivity contribution in [2.45, 2.75) is 33.1 Å². The van der Waals surface area contributed by atoms with Gasteiger partial charge in [0.2, 0.25) is 0 Å². The van der Waals surface area contributed by atoms with Gasteiger partial charge in [0.15, 0.2) is 0 Å². The number of esters is 1. The number of hydrogen-bond donors (Lipinski definition) is 0. The van der Waals surface area contributed by atoms with Crippen LogP contribution in [0.3, 0.4) is 0 Å². The topological polar surface area (TPSA) is 39.2 Å². The Hall–Kier alpha value is -0.900. The molecule has 0 bridgehead atoms. The largest absolute Gasteiger partial charge is 0.466 e. The molecule has 78 valence electrons. The molecule has 0 saturated heterocycles. The van der Waals surface area contributed by atoms with Crippen LogP contribution in [0.2, 0.25) is 0 Å². The molecule has 4 heteroatoms. The minimum absolute atomic E-state index is 0.146. The highest BCUT2D eigenvalue weighted by Crippen LogP contribution is 2.23. The second kappa shape index (κ2) is 5.10. The molecule has 0 radical (unpaired) electrons. The monoisotopic (exact) mass is 213 g/mol. The molecule has 3 nitrogen and oxygen atoms in total. The number of rotatable bonds is 4. The first-order valence-electron chi connectivity index (χ1n) is 4.71. The summed E-state index contributed by atoms with van der Waals surface area (Å²) in [6.07, 6.45) is 2.25.